The van der Waals surface area contributed by atoms with Gasteiger partial charge >= 0.3 is 0 Å². The molecule has 1 atom stereocenters. The van der Waals surface area contributed by atoms with Gasteiger partial charge in [-0.3, -0.25) is 19.3 Å². The molecule has 0 saturated carbocycles. The number of H-pyrrole nitrogens is 1. The number of amides is 3. The van der Waals surface area contributed by atoms with E-state index in [1.165, 1.54) is 36.8 Å². The number of halogens is 2. The van der Waals surface area contributed by atoms with Gasteiger partial charge in [0.2, 0.25) is 5.91 Å². The van der Waals surface area contributed by atoms with E-state index in [-0.39, 0.29) is 28.3 Å². The van der Waals surface area contributed by atoms with Crippen molar-refractivity contribution in [3.05, 3.63) is 82.6 Å². The number of carbonyl (C=O) groups excluding carboxylic acids is 3. The predicted molar refractivity (Wildman–Crippen MR) is 103 cm³/mol. The summed E-state index contributed by atoms with van der Waals surface area (Å²) in [6.07, 6.45) is 2.90. The van der Waals surface area contributed by atoms with E-state index < -0.39 is 29.6 Å². The summed E-state index contributed by atoms with van der Waals surface area (Å²) < 4.78 is 14.1. The Balaban J connectivity index is 1.68. The minimum absolute atomic E-state index is 0.00743. The highest BCUT2D eigenvalue weighted by molar-refractivity contribution is 6.30. The fourth-order valence-electron chi connectivity index (χ4n) is 3.20. The topological polar surface area (TPSA) is 95.2 Å². The Morgan fingerprint density at radius 3 is 2.45 bits per heavy atom. The first-order valence-electron chi connectivity index (χ1n) is 8.66. The van der Waals surface area contributed by atoms with Gasteiger partial charge in [-0.05, 0) is 30.3 Å². The van der Waals surface area contributed by atoms with Crippen molar-refractivity contribution in [2.45, 2.75) is 12.5 Å². The van der Waals surface area contributed by atoms with E-state index in [9.17, 15) is 18.8 Å². The quantitative estimate of drug-likeness (QED) is 0.630. The number of hydrogen-bond acceptors (Lipinski definition) is 4. The number of fused-ring (bicyclic) bond motifs is 1. The fourth-order valence-corrected chi connectivity index (χ4v) is 3.36. The number of aromatic amines is 1. The van der Waals surface area contributed by atoms with Crippen molar-refractivity contribution in [3.63, 3.8) is 0 Å². The van der Waals surface area contributed by atoms with Crippen molar-refractivity contribution in [2.75, 3.05) is 5.32 Å². The van der Waals surface area contributed by atoms with Crippen LogP contribution in [0.25, 0.3) is 0 Å². The molecule has 0 fully saturated rings. The first-order valence-corrected chi connectivity index (χ1v) is 9.03. The summed E-state index contributed by atoms with van der Waals surface area (Å²) in [5.41, 5.74) is 0.874. The van der Waals surface area contributed by atoms with Crippen LogP contribution >= 0.6 is 11.6 Å². The maximum Gasteiger partial charge on any atom is 0.262 e. The Morgan fingerprint density at radius 1 is 1.17 bits per heavy atom. The molecule has 4 rings (SSSR count). The molecule has 1 aliphatic rings. The molecule has 0 bridgehead atoms. The summed E-state index contributed by atoms with van der Waals surface area (Å²) in [6, 6.07) is 8.92. The molecular weight excluding hydrogens is 399 g/mol. The molecule has 3 aromatic rings. The maximum atomic E-state index is 14.1. The normalized spacial score (nSPS) is 14.1. The van der Waals surface area contributed by atoms with Crippen LogP contribution in [-0.2, 0) is 11.2 Å². The zero-order valence-corrected chi connectivity index (χ0v) is 15.6. The van der Waals surface area contributed by atoms with Gasteiger partial charge in [-0.1, -0.05) is 23.7 Å². The van der Waals surface area contributed by atoms with Crippen LogP contribution in [0.2, 0.25) is 5.02 Å². The summed E-state index contributed by atoms with van der Waals surface area (Å²) in [6.45, 7) is 0. The minimum Gasteiger partial charge on any atom is -0.348 e. The van der Waals surface area contributed by atoms with Gasteiger partial charge in [0.05, 0.1) is 23.1 Å². The van der Waals surface area contributed by atoms with E-state index in [0.717, 1.165) is 11.0 Å². The van der Waals surface area contributed by atoms with Crippen molar-refractivity contribution >= 4 is 35.0 Å². The van der Waals surface area contributed by atoms with E-state index in [4.69, 9.17) is 11.6 Å². The second-order valence-corrected chi connectivity index (χ2v) is 6.87. The van der Waals surface area contributed by atoms with Crippen molar-refractivity contribution in [3.8, 4) is 0 Å². The molecule has 9 heteroatoms. The zero-order valence-electron chi connectivity index (χ0n) is 14.9. The number of imidazole rings is 1. The monoisotopic (exact) mass is 412 g/mol. The molecule has 0 saturated heterocycles. The minimum atomic E-state index is -1.21. The van der Waals surface area contributed by atoms with Crippen molar-refractivity contribution in [1.82, 2.24) is 14.9 Å². The van der Waals surface area contributed by atoms with Crippen LogP contribution in [0.1, 0.15) is 26.4 Å². The van der Waals surface area contributed by atoms with Gasteiger partial charge in [0.25, 0.3) is 11.8 Å². The number of anilines is 1. The molecule has 2 N–H and O–H groups in total. The van der Waals surface area contributed by atoms with Crippen LogP contribution in [0.4, 0.5) is 10.1 Å². The number of nitrogens with one attached hydrogen (secondary N) is 2. The molecule has 0 aliphatic carbocycles. The summed E-state index contributed by atoms with van der Waals surface area (Å²) in [5.74, 6) is -2.60. The zero-order chi connectivity index (χ0) is 20.5. The van der Waals surface area contributed by atoms with Gasteiger partial charge < -0.3 is 10.3 Å². The van der Waals surface area contributed by atoms with Crippen LogP contribution in [0.5, 0.6) is 0 Å². The van der Waals surface area contributed by atoms with E-state index in [1.54, 1.807) is 12.1 Å². The predicted octanol–water partition coefficient (Wildman–Crippen LogP) is 3.05. The molecule has 0 spiro atoms. The highest BCUT2D eigenvalue weighted by atomic mass is 35.5. The highest BCUT2D eigenvalue weighted by Crippen LogP contribution is 2.27. The standard InChI is InChI=1S/C20H14ClFN4O3/c21-11-5-6-16(15(22)7-11)25-18(27)17(8-12-9-23-10-24-12)26-19(28)13-3-1-2-4-14(13)20(26)29/h1-7,9-10,17H,8H2,(H,23,24)(H,25,27)/t17-/m0/s1. The summed E-state index contributed by atoms with van der Waals surface area (Å²) in [5, 5.41) is 2.62. The summed E-state index contributed by atoms with van der Waals surface area (Å²) in [7, 11) is 0. The number of rotatable bonds is 5. The van der Waals surface area contributed by atoms with Crippen LogP contribution in [0.15, 0.2) is 55.0 Å². The largest absolute Gasteiger partial charge is 0.348 e. The number of aromatic nitrogens is 2. The van der Waals surface area contributed by atoms with Crippen LogP contribution in [0, 0.1) is 5.82 Å². The molecule has 7 nitrogen and oxygen atoms in total. The summed E-state index contributed by atoms with van der Waals surface area (Å²) in [4.78, 5) is 46.4. The van der Waals surface area contributed by atoms with E-state index in [0.29, 0.717) is 5.69 Å². The lowest BCUT2D eigenvalue weighted by Gasteiger charge is -2.25. The second kappa shape index (κ2) is 7.48. The van der Waals surface area contributed by atoms with Gasteiger partial charge in [0.1, 0.15) is 11.9 Å². The maximum absolute atomic E-state index is 14.1. The van der Waals surface area contributed by atoms with Gasteiger partial charge in [0.15, 0.2) is 0 Å². The molecule has 2 aromatic carbocycles. The van der Waals surface area contributed by atoms with E-state index in [1.807, 2.05) is 0 Å². The van der Waals surface area contributed by atoms with Gasteiger partial charge in [-0.25, -0.2) is 9.37 Å². The number of nitrogens with zero attached hydrogens (tertiary/aromatic N) is 2. The van der Waals surface area contributed by atoms with Crippen molar-refractivity contribution in [2.24, 2.45) is 0 Å². The lowest BCUT2D eigenvalue weighted by atomic mass is 10.1. The van der Waals surface area contributed by atoms with Gasteiger partial charge in [-0.2, -0.15) is 0 Å². The van der Waals surface area contributed by atoms with Crippen molar-refractivity contribution < 1.29 is 18.8 Å². The van der Waals surface area contributed by atoms with Gasteiger partial charge in [0, 0.05) is 23.3 Å². The number of benzene rings is 2. The third kappa shape index (κ3) is 3.50. The van der Waals surface area contributed by atoms with E-state index in [2.05, 4.69) is 15.3 Å². The molecular formula is C20H14ClFN4O3. The Bertz CT molecular complexity index is 1080. The first kappa shape index (κ1) is 18.8. The summed E-state index contributed by atoms with van der Waals surface area (Å²) >= 11 is 5.74. The second-order valence-electron chi connectivity index (χ2n) is 6.44. The Morgan fingerprint density at radius 2 is 1.86 bits per heavy atom. The number of hydrogen-bond donors (Lipinski definition) is 2. The Kier molecular flexibility index (Phi) is 4.85. The average Bonchev–Trinajstić information content (AvgIpc) is 3.30. The van der Waals surface area contributed by atoms with Crippen molar-refractivity contribution in [1.29, 1.82) is 0 Å². The molecule has 0 radical (unpaired) electrons. The van der Waals surface area contributed by atoms with Crippen LogP contribution in [0.3, 0.4) is 0 Å². The number of imide groups is 1. The lowest BCUT2D eigenvalue weighted by molar-refractivity contribution is -0.120. The number of carbonyl (C=O) groups is 3. The van der Waals surface area contributed by atoms with Crippen LogP contribution < -0.4 is 5.32 Å². The first-order chi connectivity index (χ1) is 14.0. The fraction of sp³-hybridized carbons (Fsp3) is 0.100. The Hall–Kier alpha value is -3.52. The molecule has 3 amide bonds. The molecule has 0 unspecified atom stereocenters. The molecule has 1 aliphatic heterocycles. The van der Waals surface area contributed by atoms with Gasteiger partial charge in [-0.15, -0.1) is 0 Å². The molecule has 1 aromatic heterocycles. The van der Waals surface area contributed by atoms with E-state index >= 15 is 0 Å². The SMILES string of the molecule is O=C(Nc1ccc(Cl)cc1F)[C@H](Cc1cnc[nH]1)N1C(=O)c2ccccc2C1=O. The molecule has 146 valence electrons. The molecule has 29 heavy (non-hydrogen) atoms. The smallest absolute Gasteiger partial charge is 0.262 e. The molecule has 2 heterocycles. The third-order valence-electron chi connectivity index (χ3n) is 4.60. The lowest BCUT2D eigenvalue weighted by Crippen LogP contribution is -2.48. The highest BCUT2D eigenvalue weighted by Gasteiger charge is 2.43. The third-order valence-corrected chi connectivity index (χ3v) is 4.83. The Labute approximate surface area is 169 Å². The average molecular weight is 413 g/mol. The van der Waals surface area contributed by atoms with Crippen LogP contribution in [-0.4, -0.2) is 38.6 Å².